The highest BCUT2D eigenvalue weighted by molar-refractivity contribution is 6.32. The number of nitrogens with one attached hydrogen (secondary N) is 1. The summed E-state index contributed by atoms with van der Waals surface area (Å²) in [5.41, 5.74) is 1.14. The Morgan fingerprint density at radius 3 is 2.84 bits per heavy atom. The van der Waals surface area contributed by atoms with Crippen molar-refractivity contribution in [3.63, 3.8) is 0 Å². The van der Waals surface area contributed by atoms with E-state index in [1.165, 1.54) is 6.42 Å². The van der Waals surface area contributed by atoms with E-state index in [1.54, 1.807) is 7.11 Å². The molecule has 0 aromatic heterocycles. The van der Waals surface area contributed by atoms with E-state index >= 15 is 0 Å². The van der Waals surface area contributed by atoms with Crippen LogP contribution in [0, 0.1) is 5.92 Å². The normalized spacial score (nSPS) is 23.3. The lowest BCUT2D eigenvalue weighted by Crippen LogP contribution is -2.33. The number of methoxy groups -OCH3 is 1. The zero-order valence-corrected chi connectivity index (χ0v) is 12.1. The molecule has 2 N–H and O–H groups in total. The third-order valence-electron chi connectivity index (χ3n) is 3.82. The molecule has 4 heteroatoms. The fourth-order valence-electron chi connectivity index (χ4n) is 2.65. The summed E-state index contributed by atoms with van der Waals surface area (Å²) >= 11 is 6.09. The van der Waals surface area contributed by atoms with E-state index in [0.717, 1.165) is 37.9 Å². The molecule has 0 spiro atoms. The standard InChI is InChI=1S/C15H22ClNO2/c1-19-15-7-6-11(8-13(15)16)9-17-10-12-4-2-3-5-14(12)18/h6-8,12,14,17-18H,2-5,9-10H2,1H3. The third kappa shape index (κ3) is 4.10. The van der Waals surface area contributed by atoms with E-state index in [0.29, 0.717) is 16.7 Å². The highest BCUT2D eigenvalue weighted by Crippen LogP contribution is 2.25. The molecule has 2 atom stereocenters. The van der Waals surface area contributed by atoms with Crippen molar-refractivity contribution in [3.8, 4) is 5.75 Å². The van der Waals surface area contributed by atoms with E-state index in [-0.39, 0.29) is 6.10 Å². The maximum Gasteiger partial charge on any atom is 0.137 e. The van der Waals surface area contributed by atoms with E-state index in [9.17, 15) is 5.11 Å². The van der Waals surface area contributed by atoms with Gasteiger partial charge >= 0.3 is 0 Å². The highest BCUT2D eigenvalue weighted by atomic mass is 35.5. The van der Waals surface area contributed by atoms with Gasteiger partial charge in [-0.3, -0.25) is 0 Å². The van der Waals surface area contributed by atoms with Crippen molar-refractivity contribution in [3.05, 3.63) is 28.8 Å². The molecular formula is C15H22ClNO2. The average molecular weight is 284 g/mol. The van der Waals surface area contributed by atoms with E-state index in [1.807, 2.05) is 18.2 Å². The molecule has 1 aliphatic carbocycles. The SMILES string of the molecule is COc1ccc(CNCC2CCCCC2O)cc1Cl. The molecule has 0 amide bonds. The predicted molar refractivity (Wildman–Crippen MR) is 77.7 cm³/mol. The highest BCUT2D eigenvalue weighted by Gasteiger charge is 2.22. The quantitative estimate of drug-likeness (QED) is 0.873. The van der Waals surface area contributed by atoms with Gasteiger partial charge in [0.15, 0.2) is 0 Å². The lowest BCUT2D eigenvalue weighted by atomic mass is 9.86. The Bertz CT molecular complexity index is 411. The van der Waals surface area contributed by atoms with E-state index < -0.39 is 0 Å². The average Bonchev–Trinajstić information content (AvgIpc) is 2.41. The summed E-state index contributed by atoms with van der Waals surface area (Å²) in [5, 5.41) is 13.9. The van der Waals surface area contributed by atoms with Crippen LogP contribution in [0.2, 0.25) is 5.02 Å². The van der Waals surface area contributed by atoms with Crippen molar-refractivity contribution in [2.45, 2.75) is 38.3 Å². The minimum absolute atomic E-state index is 0.138. The first-order valence-electron chi connectivity index (χ1n) is 6.92. The van der Waals surface area contributed by atoms with E-state index in [4.69, 9.17) is 16.3 Å². The summed E-state index contributed by atoms with van der Waals surface area (Å²) in [5.74, 6) is 1.09. The van der Waals surface area contributed by atoms with Gasteiger partial charge in [0.1, 0.15) is 5.75 Å². The van der Waals surface area contributed by atoms with Crippen molar-refractivity contribution in [1.82, 2.24) is 5.32 Å². The van der Waals surface area contributed by atoms with Crippen LogP contribution in [0.5, 0.6) is 5.75 Å². The Balaban J connectivity index is 1.80. The summed E-state index contributed by atoms with van der Waals surface area (Å²) < 4.78 is 5.13. The molecule has 0 radical (unpaired) electrons. The van der Waals surface area contributed by atoms with Gasteiger partial charge in [0.05, 0.1) is 18.2 Å². The van der Waals surface area contributed by atoms with Crippen LogP contribution in [-0.4, -0.2) is 24.9 Å². The molecular weight excluding hydrogens is 262 g/mol. The number of aliphatic hydroxyl groups excluding tert-OH is 1. The fourth-order valence-corrected chi connectivity index (χ4v) is 2.93. The second-order valence-electron chi connectivity index (χ2n) is 5.21. The van der Waals surface area contributed by atoms with Gasteiger partial charge < -0.3 is 15.2 Å². The molecule has 1 fully saturated rings. The summed E-state index contributed by atoms with van der Waals surface area (Å²) in [6.45, 7) is 1.64. The van der Waals surface area contributed by atoms with Gasteiger partial charge in [-0.05, 0) is 36.5 Å². The fraction of sp³-hybridized carbons (Fsp3) is 0.600. The molecule has 0 saturated heterocycles. The lowest BCUT2D eigenvalue weighted by molar-refractivity contribution is 0.0695. The van der Waals surface area contributed by atoms with Gasteiger partial charge in [0.2, 0.25) is 0 Å². The zero-order valence-electron chi connectivity index (χ0n) is 11.4. The first-order valence-corrected chi connectivity index (χ1v) is 7.29. The Hall–Kier alpha value is -0.770. The lowest BCUT2D eigenvalue weighted by Gasteiger charge is -2.27. The van der Waals surface area contributed by atoms with Crippen LogP contribution in [0.4, 0.5) is 0 Å². The Morgan fingerprint density at radius 1 is 1.37 bits per heavy atom. The van der Waals surface area contributed by atoms with E-state index in [2.05, 4.69) is 5.32 Å². The summed E-state index contributed by atoms with van der Waals surface area (Å²) in [6.07, 6.45) is 4.32. The number of hydrogen-bond donors (Lipinski definition) is 2. The topological polar surface area (TPSA) is 41.5 Å². The van der Waals surface area contributed by atoms with Crippen molar-refractivity contribution in [2.75, 3.05) is 13.7 Å². The molecule has 3 nitrogen and oxygen atoms in total. The van der Waals surface area contributed by atoms with Crippen LogP contribution < -0.4 is 10.1 Å². The minimum atomic E-state index is -0.138. The van der Waals surface area contributed by atoms with Gasteiger partial charge in [0.25, 0.3) is 0 Å². The van der Waals surface area contributed by atoms with Crippen LogP contribution in [-0.2, 0) is 6.54 Å². The Morgan fingerprint density at radius 2 is 2.16 bits per heavy atom. The van der Waals surface area contributed by atoms with Gasteiger partial charge in [-0.25, -0.2) is 0 Å². The Labute approximate surface area is 119 Å². The molecule has 1 aliphatic rings. The van der Waals surface area contributed by atoms with Crippen LogP contribution >= 0.6 is 11.6 Å². The molecule has 1 saturated carbocycles. The molecule has 106 valence electrons. The van der Waals surface area contributed by atoms with Crippen LogP contribution in [0.25, 0.3) is 0 Å². The van der Waals surface area contributed by atoms with Gasteiger partial charge in [-0.2, -0.15) is 0 Å². The number of aliphatic hydroxyl groups is 1. The Kier molecular flexibility index (Phi) is 5.49. The number of benzene rings is 1. The molecule has 0 bridgehead atoms. The van der Waals surface area contributed by atoms with Crippen molar-refractivity contribution < 1.29 is 9.84 Å². The number of rotatable bonds is 5. The van der Waals surface area contributed by atoms with Crippen LogP contribution in [0.3, 0.4) is 0 Å². The zero-order chi connectivity index (χ0) is 13.7. The molecule has 2 rings (SSSR count). The molecule has 0 aliphatic heterocycles. The largest absolute Gasteiger partial charge is 0.495 e. The summed E-state index contributed by atoms with van der Waals surface area (Å²) in [7, 11) is 1.61. The smallest absolute Gasteiger partial charge is 0.137 e. The van der Waals surface area contributed by atoms with Gasteiger partial charge in [-0.1, -0.05) is 30.5 Å². The van der Waals surface area contributed by atoms with Gasteiger partial charge in [-0.15, -0.1) is 0 Å². The van der Waals surface area contributed by atoms with Crippen molar-refractivity contribution >= 4 is 11.6 Å². The van der Waals surface area contributed by atoms with Crippen molar-refractivity contribution in [1.29, 1.82) is 0 Å². The number of halogens is 1. The summed E-state index contributed by atoms with van der Waals surface area (Å²) in [4.78, 5) is 0. The molecule has 1 aromatic carbocycles. The maximum atomic E-state index is 9.90. The number of hydrogen-bond acceptors (Lipinski definition) is 3. The molecule has 0 heterocycles. The monoisotopic (exact) mass is 283 g/mol. The molecule has 2 unspecified atom stereocenters. The van der Waals surface area contributed by atoms with Crippen molar-refractivity contribution in [2.24, 2.45) is 5.92 Å². The molecule has 1 aromatic rings. The van der Waals surface area contributed by atoms with Crippen LogP contribution in [0.15, 0.2) is 18.2 Å². The second-order valence-corrected chi connectivity index (χ2v) is 5.62. The summed E-state index contributed by atoms with van der Waals surface area (Å²) in [6, 6.07) is 5.81. The first kappa shape index (κ1) is 14.6. The number of ether oxygens (including phenoxy) is 1. The first-order chi connectivity index (χ1) is 9.20. The predicted octanol–water partition coefficient (Wildman–Crippen LogP) is 2.99. The second kappa shape index (κ2) is 7.13. The molecule has 19 heavy (non-hydrogen) atoms. The van der Waals surface area contributed by atoms with Gasteiger partial charge in [0, 0.05) is 13.1 Å². The minimum Gasteiger partial charge on any atom is -0.495 e. The van der Waals surface area contributed by atoms with Crippen LogP contribution in [0.1, 0.15) is 31.2 Å². The maximum absolute atomic E-state index is 9.90. The third-order valence-corrected chi connectivity index (χ3v) is 4.12.